The van der Waals surface area contributed by atoms with Crippen molar-refractivity contribution >= 4 is 11.6 Å². The molecule has 0 aliphatic heterocycles. The average Bonchev–Trinajstić information content (AvgIpc) is 2.51. The Labute approximate surface area is 130 Å². The first-order chi connectivity index (χ1) is 10.2. The van der Waals surface area contributed by atoms with Crippen LogP contribution in [-0.4, -0.2) is 13.7 Å². The highest BCUT2D eigenvalue weighted by Crippen LogP contribution is 2.26. The number of ether oxygens (including phenoxy) is 2. The molecule has 0 heterocycles. The highest BCUT2D eigenvalue weighted by molar-refractivity contribution is 6.31. The molecule has 0 unspecified atom stereocenters. The van der Waals surface area contributed by atoms with Crippen molar-refractivity contribution in [1.82, 2.24) is 5.32 Å². The molecule has 0 aromatic heterocycles. The summed E-state index contributed by atoms with van der Waals surface area (Å²) >= 11 is 6.21. The van der Waals surface area contributed by atoms with Gasteiger partial charge < -0.3 is 14.8 Å². The van der Waals surface area contributed by atoms with E-state index in [0.29, 0.717) is 18.2 Å². The predicted molar refractivity (Wildman–Crippen MR) is 86.2 cm³/mol. The van der Waals surface area contributed by atoms with Crippen molar-refractivity contribution in [2.24, 2.45) is 0 Å². The molecule has 0 saturated carbocycles. The van der Waals surface area contributed by atoms with E-state index >= 15 is 0 Å². The van der Waals surface area contributed by atoms with E-state index in [1.54, 1.807) is 7.11 Å². The van der Waals surface area contributed by atoms with E-state index < -0.39 is 0 Å². The maximum Gasteiger partial charge on any atom is 0.124 e. The quantitative estimate of drug-likeness (QED) is 0.837. The zero-order valence-corrected chi connectivity index (χ0v) is 13.1. The predicted octanol–water partition coefficient (Wildman–Crippen LogP) is 4.04. The van der Waals surface area contributed by atoms with Crippen LogP contribution in [0.2, 0.25) is 5.02 Å². The average molecular weight is 306 g/mol. The smallest absolute Gasteiger partial charge is 0.124 e. The topological polar surface area (TPSA) is 30.5 Å². The monoisotopic (exact) mass is 305 g/mol. The number of hydrogen-bond acceptors (Lipinski definition) is 3. The minimum Gasteiger partial charge on any atom is -0.496 e. The molecule has 2 aromatic rings. The summed E-state index contributed by atoms with van der Waals surface area (Å²) in [5.74, 6) is 1.70. The van der Waals surface area contributed by atoms with E-state index in [1.165, 1.54) is 5.56 Å². The van der Waals surface area contributed by atoms with Crippen molar-refractivity contribution in [3.8, 4) is 11.5 Å². The SMILES string of the molecule is CCOc1ccc(CNCc2c(Cl)cccc2OC)cc1. The van der Waals surface area contributed by atoms with Gasteiger partial charge in [0.25, 0.3) is 0 Å². The van der Waals surface area contributed by atoms with Crippen molar-refractivity contribution in [3.05, 3.63) is 58.6 Å². The van der Waals surface area contributed by atoms with E-state index in [2.05, 4.69) is 17.4 Å². The van der Waals surface area contributed by atoms with Gasteiger partial charge in [-0.2, -0.15) is 0 Å². The van der Waals surface area contributed by atoms with Crippen molar-refractivity contribution < 1.29 is 9.47 Å². The fraction of sp³-hybridized carbons (Fsp3) is 0.294. The van der Waals surface area contributed by atoms with Crippen molar-refractivity contribution in [2.45, 2.75) is 20.0 Å². The lowest BCUT2D eigenvalue weighted by Crippen LogP contribution is -2.13. The summed E-state index contributed by atoms with van der Waals surface area (Å²) in [5, 5.41) is 4.10. The normalized spacial score (nSPS) is 10.4. The molecule has 2 rings (SSSR count). The van der Waals surface area contributed by atoms with E-state index in [1.807, 2.05) is 37.3 Å². The lowest BCUT2D eigenvalue weighted by Gasteiger charge is -2.11. The molecule has 3 nitrogen and oxygen atoms in total. The van der Waals surface area contributed by atoms with E-state index in [4.69, 9.17) is 21.1 Å². The largest absolute Gasteiger partial charge is 0.496 e. The number of nitrogens with one attached hydrogen (secondary N) is 1. The molecule has 0 bridgehead atoms. The Morgan fingerprint density at radius 1 is 1.05 bits per heavy atom. The fourth-order valence-electron chi connectivity index (χ4n) is 2.10. The molecule has 0 atom stereocenters. The Hall–Kier alpha value is -1.71. The lowest BCUT2D eigenvalue weighted by molar-refractivity contribution is 0.340. The summed E-state index contributed by atoms with van der Waals surface area (Å²) in [5.41, 5.74) is 2.18. The van der Waals surface area contributed by atoms with Crippen molar-refractivity contribution in [3.63, 3.8) is 0 Å². The number of methoxy groups -OCH3 is 1. The molecule has 21 heavy (non-hydrogen) atoms. The highest BCUT2D eigenvalue weighted by Gasteiger charge is 2.06. The molecule has 1 N–H and O–H groups in total. The molecule has 0 aliphatic rings. The van der Waals surface area contributed by atoms with Crippen LogP contribution in [0.3, 0.4) is 0 Å². The van der Waals surface area contributed by atoms with Gasteiger partial charge in [-0.1, -0.05) is 29.8 Å². The van der Waals surface area contributed by atoms with Gasteiger partial charge in [-0.15, -0.1) is 0 Å². The van der Waals surface area contributed by atoms with Crippen LogP contribution in [0.5, 0.6) is 11.5 Å². The van der Waals surface area contributed by atoms with Crippen LogP contribution in [0, 0.1) is 0 Å². The molecule has 2 aromatic carbocycles. The summed E-state index contributed by atoms with van der Waals surface area (Å²) < 4.78 is 10.8. The molecular weight excluding hydrogens is 286 g/mol. The van der Waals surface area contributed by atoms with Gasteiger partial charge in [0.15, 0.2) is 0 Å². The summed E-state index contributed by atoms with van der Waals surface area (Å²) in [6.07, 6.45) is 0. The minimum absolute atomic E-state index is 0.663. The molecule has 0 aliphatic carbocycles. The first-order valence-corrected chi connectivity index (χ1v) is 7.36. The second-order valence-corrected chi connectivity index (χ2v) is 5.01. The van der Waals surface area contributed by atoms with Crippen LogP contribution < -0.4 is 14.8 Å². The maximum atomic E-state index is 6.21. The molecule has 0 saturated heterocycles. The van der Waals surface area contributed by atoms with E-state index in [9.17, 15) is 0 Å². The van der Waals surface area contributed by atoms with Gasteiger partial charge in [-0.05, 0) is 36.8 Å². The Morgan fingerprint density at radius 2 is 1.81 bits per heavy atom. The van der Waals surface area contributed by atoms with Gasteiger partial charge in [0.1, 0.15) is 11.5 Å². The summed E-state index contributed by atoms with van der Waals surface area (Å²) in [6.45, 7) is 4.09. The van der Waals surface area contributed by atoms with Crippen molar-refractivity contribution in [2.75, 3.05) is 13.7 Å². The van der Waals surface area contributed by atoms with Gasteiger partial charge in [-0.3, -0.25) is 0 Å². The second kappa shape index (κ2) is 7.91. The van der Waals surface area contributed by atoms with Crippen molar-refractivity contribution in [1.29, 1.82) is 0 Å². The number of benzene rings is 2. The molecule has 0 radical (unpaired) electrons. The van der Waals surface area contributed by atoms with Crippen LogP contribution in [0.1, 0.15) is 18.1 Å². The molecule has 4 heteroatoms. The number of rotatable bonds is 7. The molecule has 112 valence electrons. The minimum atomic E-state index is 0.663. The van der Waals surface area contributed by atoms with Gasteiger partial charge in [-0.25, -0.2) is 0 Å². The lowest BCUT2D eigenvalue weighted by atomic mass is 10.1. The second-order valence-electron chi connectivity index (χ2n) is 4.60. The number of halogens is 1. The zero-order valence-electron chi connectivity index (χ0n) is 12.4. The van der Waals surface area contributed by atoms with Crippen LogP contribution in [0.15, 0.2) is 42.5 Å². The maximum absolute atomic E-state index is 6.21. The third-order valence-corrected chi connectivity index (χ3v) is 3.52. The Morgan fingerprint density at radius 3 is 2.48 bits per heavy atom. The summed E-state index contributed by atoms with van der Waals surface area (Å²) in [6, 6.07) is 13.8. The Kier molecular flexibility index (Phi) is 5.90. The molecular formula is C17H20ClNO2. The Bertz CT molecular complexity index is 570. The van der Waals surface area contributed by atoms with Gasteiger partial charge in [0.05, 0.1) is 13.7 Å². The Balaban J connectivity index is 1.92. The first-order valence-electron chi connectivity index (χ1n) is 6.98. The fourth-order valence-corrected chi connectivity index (χ4v) is 2.34. The highest BCUT2D eigenvalue weighted by atomic mass is 35.5. The standard InChI is InChI=1S/C17H20ClNO2/c1-3-21-14-9-7-13(8-10-14)11-19-12-15-16(18)5-4-6-17(15)20-2/h4-10,19H,3,11-12H2,1-2H3. The zero-order chi connectivity index (χ0) is 15.1. The summed E-state index contributed by atoms with van der Waals surface area (Å²) in [7, 11) is 1.65. The first kappa shape index (κ1) is 15.7. The third-order valence-electron chi connectivity index (χ3n) is 3.16. The molecule has 0 amide bonds. The van der Waals surface area contributed by atoms with Crippen LogP contribution in [0.4, 0.5) is 0 Å². The van der Waals surface area contributed by atoms with Crippen LogP contribution in [0.25, 0.3) is 0 Å². The van der Waals surface area contributed by atoms with Crippen LogP contribution in [-0.2, 0) is 13.1 Å². The van der Waals surface area contributed by atoms with E-state index in [-0.39, 0.29) is 0 Å². The van der Waals surface area contributed by atoms with E-state index in [0.717, 1.165) is 23.6 Å². The van der Waals surface area contributed by atoms with Gasteiger partial charge >= 0.3 is 0 Å². The van der Waals surface area contributed by atoms with Gasteiger partial charge in [0, 0.05) is 23.7 Å². The summed E-state index contributed by atoms with van der Waals surface area (Å²) in [4.78, 5) is 0. The number of hydrogen-bond donors (Lipinski definition) is 1. The van der Waals surface area contributed by atoms with Gasteiger partial charge in [0.2, 0.25) is 0 Å². The molecule has 0 fully saturated rings. The van der Waals surface area contributed by atoms with Crippen LogP contribution >= 0.6 is 11.6 Å². The molecule has 0 spiro atoms. The third kappa shape index (κ3) is 4.38.